The van der Waals surface area contributed by atoms with Crippen molar-refractivity contribution in [3.63, 3.8) is 0 Å². The summed E-state index contributed by atoms with van der Waals surface area (Å²) in [6.07, 6.45) is 5.33. The molecule has 5 rings (SSSR count). The SMILES string of the molecule is COC(=O)c1c(NC(=O)CSc2cccc(NC(=O)/C(=C\c3ccc(OC)cc3)NC(=O)c3ccccc3)c2)sc2c1CCCC2. The molecule has 0 unspecified atom stereocenters. The van der Waals surface area contributed by atoms with Crippen molar-refractivity contribution in [1.82, 2.24) is 5.32 Å². The van der Waals surface area contributed by atoms with Gasteiger partial charge in [-0.2, -0.15) is 0 Å². The summed E-state index contributed by atoms with van der Waals surface area (Å²) in [5.41, 5.74) is 3.09. The summed E-state index contributed by atoms with van der Waals surface area (Å²) < 4.78 is 10.2. The highest BCUT2D eigenvalue weighted by molar-refractivity contribution is 8.00. The zero-order chi connectivity index (χ0) is 32.5. The van der Waals surface area contributed by atoms with Crippen molar-refractivity contribution in [2.45, 2.75) is 30.6 Å². The van der Waals surface area contributed by atoms with Crippen molar-refractivity contribution in [2.75, 3.05) is 30.6 Å². The van der Waals surface area contributed by atoms with Crippen molar-refractivity contribution >= 4 is 63.6 Å². The summed E-state index contributed by atoms with van der Waals surface area (Å²) in [7, 11) is 2.91. The number of thioether (sulfide) groups is 1. The van der Waals surface area contributed by atoms with Crippen LogP contribution in [0.5, 0.6) is 5.75 Å². The average molecular weight is 656 g/mol. The number of hydrogen-bond donors (Lipinski definition) is 3. The van der Waals surface area contributed by atoms with E-state index in [9.17, 15) is 19.2 Å². The molecule has 3 amide bonds. The van der Waals surface area contributed by atoms with Crippen LogP contribution >= 0.6 is 23.1 Å². The second-order valence-corrected chi connectivity index (χ2v) is 12.5. The van der Waals surface area contributed by atoms with Crippen LogP contribution < -0.4 is 20.7 Å². The van der Waals surface area contributed by atoms with Crippen LogP contribution in [-0.4, -0.2) is 43.7 Å². The first-order valence-corrected chi connectivity index (χ1v) is 16.4. The molecule has 236 valence electrons. The van der Waals surface area contributed by atoms with Gasteiger partial charge >= 0.3 is 5.97 Å². The number of esters is 1. The summed E-state index contributed by atoms with van der Waals surface area (Å²) >= 11 is 2.74. The smallest absolute Gasteiger partial charge is 0.341 e. The Balaban J connectivity index is 1.26. The molecular weight excluding hydrogens is 623 g/mol. The molecule has 0 saturated heterocycles. The summed E-state index contributed by atoms with van der Waals surface area (Å²) in [5, 5.41) is 9.02. The number of rotatable bonds is 11. The monoisotopic (exact) mass is 655 g/mol. The largest absolute Gasteiger partial charge is 0.497 e. The Hall–Kier alpha value is -4.87. The molecule has 3 N–H and O–H groups in total. The maximum Gasteiger partial charge on any atom is 0.341 e. The Kier molecular flexibility index (Phi) is 10.9. The summed E-state index contributed by atoms with van der Waals surface area (Å²) in [6.45, 7) is 0. The lowest BCUT2D eigenvalue weighted by molar-refractivity contribution is -0.114. The number of carbonyl (C=O) groups excluding carboxylic acids is 4. The number of carbonyl (C=O) groups is 4. The molecule has 1 heterocycles. The van der Waals surface area contributed by atoms with E-state index >= 15 is 0 Å². The Morgan fingerprint density at radius 3 is 2.39 bits per heavy atom. The van der Waals surface area contributed by atoms with Crippen LogP contribution in [-0.2, 0) is 27.2 Å². The third-order valence-electron chi connectivity index (χ3n) is 7.23. The number of anilines is 2. The molecule has 0 atom stereocenters. The van der Waals surface area contributed by atoms with E-state index in [0.29, 0.717) is 33.1 Å². The number of methoxy groups -OCH3 is 2. The van der Waals surface area contributed by atoms with E-state index in [4.69, 9.17) is 9.47 Å². The van der Waals surface area contributed by atoms with Crippen molar-refractivity contribution < 1.29 is 28.7 Å². The standard InChI is InChI=1S/C35H33N3O6S2/c1-43-25-17-15-22(16-18-25)19-28(37-32(40)23-9-4-3-5-10-23)33(41)36-24-11-8-12-26(20-24)45-21-30(39)38-34-31(35(42)44-2)27-13-6-7-14-29(27)46-34/h3-5,8-12,15-20H,6-7,13-14,21H2,1-2H3,(H,36,41)(H,37,40)(H,38,39)/b28-19+. The molecule has 0 bridgehead atoms. The first-order chi connectivity index (χ1) is 22.3. The first kappa shape index (κ1) is 32.5. The average Bonchev–Trinajstić information content (AvgIpc) is 3.45. The molecule has 3 aromatic carbocycles. The van der Waals surface area contributed by atoms with Crippen molar-refractivity contribution in [1.29, 1.82) is 0 Å². The van der Waals surface area contributed by atoms with E-state index in [-0.39, 0.29) is 17.4 Å². The number of thiophene rings is 1. The number of amides is 3. The Morgan fingerprint density at radius 2 is 1.65 bits per heavy atom. The zero-order valence-electron chi connectivity index (χ0n) is 25.4. The van der Waals surface area contributed by atoms with Crippen molar-refractivity contribution in [2.24, 2.45) is 0 Å². The second-order valence-electron chi connectivity index (χ2n) is 10.4. The van der Waals surface area contributed by atoms with Crippen LogP contribution in [0.3, 0.4) is 0 Å². The fourth-order valence-corrected chi connectivity index (χ4v) is 7.00. The highest BCUT2D eigenvalue weighted by Crippen LogP contribution is 2.38. The van der Waals surface area contributed by atoms with Gasteiger partial charge in [-0.3, -0.25) is 14.4 Å². The van der Waals surface area contributed by atoms with Crippen LogP contribution in [0.2, 0.25) is 0 Å². The van der Waals surface area contributed by atoms with Crippen LogP contribution in [0.1, 0.15) is 49.6 Å². The lowest BCUT2D eigenvalue weighted by atomic mass is 9.95. The van der Waals surface area contributed by atoms with E-state index in [1.165, 1.54) is 30.2 Å². The number of hydrogen-bond acceptors (Lipinski definition) is 8. The zero-order valence-corrected chi connectivity index (χ0v) is 27.0. The molecule has 0 aliphatic heterocycles. The summed E-state index contributed by atoms with van der Waals surface area (Å²) in [4.78, 5) is 53.7. The maximum absolute atomic E-state index is 13.5. The Morgan fingerprint density at radius 1 is 0.891 bits per heavy atom. The summed E-state index contributed by atoms with van der Waals surface area (Å²) in [6, 6.07) is 22.8. The molecular formula is C35H33N3O6S2. The van der Waals surface area contributed by atoms with Gasteiger partial charge in [0.15, 0.2) is 0 Å². The number of aryl methyl sites for hydroxylation is 1. The van der Waals surface area contributed by atoms with E-state index < -0.39 is 17.8 Å². The third-order valence-corrected chi connectivity index (χ3v) is 9.43. The molecule has 9 nitrogen and oxygen atoms in total. The van der Waals surface area contributed by atoms with Crippen molar-refractivity contribution in [3.05, 3.63) is 112 Å². The summed E-state index contributed by atoms with van der Waals surface area (Å²) in [5.74, 6) is -0.874. The van der Waals surface area contributed by atoms with Gasteiger partial charge in [0.1, 0.15) is 16.4 Å². The minimum absolute atomic E-state index is 0.0523. The molecule has 0 radical (unpaired) electrons. The molecule has 4 aromatic rings. The Labute approximate surface area is 275 Å². The van der Waals surface area contributed by atoms with E-state index in [1.54, 1.807) is 86.0 Å². The predicted octanol–water partition coefficient (Wildman–Crippen LogP) is 6.56. The van der Waals surface area contributed by atoms with Gasteiger partial charge in [-0.15, -0.1) is 23.1 Å². The second kappa shape index (κ2) is 15.4. The number of fused-ring (bicyclic) bond motifs is 1. The maximum atomic E-state index is 13.5. The normalized spacial score (nSPS) is 12.4. The van der Waals surface area contributed by atoms with Crippen LogP contribution in [0.15, 0.2) is 89.5 Å². The van der Waals surface area contributed by atoms with Crippen molar-refractivity contribution in [3.8, 4) is 5.75 Å². The number of benzene rings is 3. The quantitative estimate of drug-likeness (QED) is 0.0950. The van der Waals surface area contributed by atoms with Crippen LogP contribution in [0, 0.1) is 0 Å². The molecule has 1 aliphatic rings. The minimum Gasteiger partial charge on any atom is -0.497 e. The fraction of sp³-hybridized carbons (Fsp3) is 0.200. The predicted molar refractivity (Wildman–Crippen MR) is 182 cm³/mol. The van der Waals surface area contributed by atoms with Gasteiger partial charge in [0, 0.05) is 21.0 Å². The molecule has 0 spiro atoms. The van der Waals surface area contributed by atoms with E-state index in [1.807, 2.05) is 6.07 Å². The van der Waals surface area contributed by atoms with Crippen LogP contribution in [0.4, 0.5) is 10.7 Å². The molecule has 0 saturated carbocycles. The Bertz CT molecular complexity index is 1770. The number of nitrogens with one attached hydrogen (secondary N) is 3. The number of ether oxygens (including phenoxy) is 2. The lowest BCUT2D eigenvalue weighted by Gasteiger charge is -2.12. The third kappa shape index (κ3) is 8.23. The molecule has 46 heavy (non-hydrogen) atoms. The van der Waals surface area contributed by atoms with Gasteiger partial charge in [-0.1, -0.05) is 36.4 Å². The lowest BCUT2D eigenvalue weighted by Crippen LogP contribution is -2.30. The van der Waals surface area contributed by atoms with Gasteiger partial charge in [0.25, 0.3) is 11.8 Å². The van der Waals surface area contributed by atoms with Gasteiger partial charge in [-0.05, 0) is 85.4 Å². The highest BCUT2D eigenvalue weighted by Gasteiger charge is 2.27. The molecule has 11 heteroatoms. The fourth-order valence-electron chi connectivity index (χ4n) is 4.95. The van der Waals surface area contributed by atoms with Gasteiger partial charge in [0.2, 0.25) is 5.91 Å². The van der Waals surface area contributed by atoms with Crippen LogP contribution in [0.25, 0.3) is 6.08 Å². The minimum atomic E-state index is -0.517. The molecule has 0 fully saturated rings. The molecule has 1 aromatic heterocycles. The first-order valence-electron chi connectivity index (χ1n) is 14.6. The van der Waals surface area contributed by atoms with Gasteiger partial charge in [0.05, 0.1) is 25.5 Å². The highest BCUT2D eigenvalue weighted by atomic mass is 32.2. The van der Waals surface area contributed by atoms with E-state index in [0.717, 1.165) is 41.0 Å². The van der Waals surface area contributed by atoms with E-state index in [2.05, 4.69) is 16.0 Å². The topological polar surface area (TPSA) is 123 Å². The molecule has 1 aliphatic carbocycles. The van der Waals surface area contributed by atoms with Gasteiger partial charge in [-0.25, -0.2) is 4.79 Å². The van der Waals surface area contributed by atoms with Gasteiger partial charge < -0.3 is 25.4 Å².